The lowest BCUT2D eigenvalue weighted by molar-refractivity contribution is -0.132. The van der Waals surface area contributed by atoms with Crippen LogP contribution in [0.2, 0.25) is 0 Å². The predicted octanol–water partition coefficient (Wildman–Crippen LogP) is 2.33. The van der Waals surface area contributed by atoms with E-state index in [0.717, 1.165) is 32.0 Å². The summed E-state index contributed by atoms with van der Waals surface area (Å²) in [6, 6.07) is -1.37. The van der Waals surface area contributed by atoms with Gasteiger partial charge in [-0.2, -0.15) is 0 Å². The third kappa shape index (κ3) is 6.53. The standard InChI is InChI=1S/C24H39N3O4/c1-15(2)10-21-24(31)26-19(14-28)12-20-18(13-25-23(20)30)9-5-8-17(22(29)27-21)11-16-6-3-4-7-16/h14-21H,3-13H2,1-2H3,(H,25,30)(H,26,31)(H,27,29)/t17-,18+,19+,20-,21+/m1/s1. The van der Waals surface area contributed by atoms with Gasteiger partial charge in [0.25, 0.3) is 0 Å². The van der Waals surface area contributed by atoms with Crippen LogP contribution in [0, 0.1) is 29.6 Å². The van der Waals surface area contributed by atoms with Crippen molar-refractivity contribution in [2.75, 3.05) is 6.54 Å². The van der Waals surface area contributed by atoms with Crippen LogP contribution in [0.4, 0.5) is 0 Å². The largest absolute Gasteiger partial charge is 0.356 e. The second kappa shape index (κ2) is 11.1. The fourth-order valence-corrected chi connectivity index (χ4v) is 5.65. The number of aldehydes is 1. The summed E-state index contributed by atoms with van der Waals surface area (Å²) in [5.74, 6) is 0.198. The number of fused-ring (bicyclic) bond motifs is 1. The number of carbonyl (C=O) groups excluding carboxylic acids is 4. The van der Waals surface area contributed by atoms with Gasteiger partial charge in [-0.05, 0) is 49.9 Å². The van der Waals surface area contributed by atoms with Crippen molar-refractivity contribution >= 4 is 24.0 Å². The van der Waals surface area contributed by atoms with Crippen LogP contribution < -0.4 is 16.0 Å². The van der Waals surface area contributed by atoms with Crippen LogP contribution >= 0.6 is 0 Å². The first-order chi connectivity index (χ1) is 14.9. The van der Waals surface area contributed by atoms with Crippen molar-refractivity contribution in [3.8, 4) is 0 Å². The summed E-state index contributed by atoms with van der Waals surface area (Å²) in [4.78, 5) is 50.3. The molecule has 174 valence electrons. The van der Waals surface area contributed by atoms with Gasteiger partial charge < -0.3 is 20.7 Å². The van der Waals surface area contributed by atoms with E-state index in [0.29, 0.717) is 25.3 Å². The first kappa shape index (κ1) is 23.7. The molecule has 0 aromatic heterocycles. The van der Waals surface area contributed by atoms with Crippen molar-refractivity contribution in [2.45, 2.75) is 90.1 Å². The van der Waals surface area contributed by atoms with Crippen molar-refractivity contribution in [1.29, 1.82) is 0 Å². The zero-order chi connectivity index (χ0) is 22.4. The smallest absolute Gasteiger partial charge is 0.243 e. The summed E-state index contributed by atoms with van der Waals surface area (Å²) >= 11 is 0. The summed E-state index contributed by atoms with van der Waals surface area (Å²) in [5, 5.41) is 8.74. The molecule has 5 atom stereocenters. The lowest BCUT2D eigenvalue weighted by atomic mass is 9.83. The fourth-order valence-electron chi connectivity index (χ4n) is 5.65. The molecule has 2 heterocycles. The van der Waals surface area contributed by atoms with Crippen LogP contribution in [0.3, 0.4) is 0 Å². The van der Waals surface area contributed by atoms with Gasteiger partial charge in [0.2, 0.25) is 17.7 Å². The maximum atomic E-state index is 13.2. The first-order valence-corrected chi connectivity index (χ1v) is 12.2. The van der Waals surface area contributed by atoms with Crippen LogP contribution in [-0.2, 0) is 19.2 Å². The van der Waals surface area contributed by atoms with Crippen LogP contribution in [0.1, 0.15) is 78.1 Å². The maximum Gasteiger partial charge on any atom is 0.243 e. The van der Waals surface area contributed by atoms with E-state index < -0.39 is 12.1 Å². The van der Waals surface area contributed by atoms with Crippen molar-refractivity contribution in [1.82, 2.24) is 16.0 Å². The molecule has 31 heavy (non-hydrogen) atoms. The molecular weight excluding hydrogens is 394 g/mol. The van der Waals surface area contributed by atoms with E-state index in [9.17, 15) is 19.2 Å². The molecule has 7 heteroatoms. The summed E-state index contributed by atoms with van der Waals surface area (Å²) < 4.78 is 0. The van der Waals surface area contributed by atoms with Gasteiger partial charge in [0.1, 0.15) is 12.3 Å². The summed E-state index contributed by atoms with van der Waals surface area (Å²) in [7, 11) is 0. The molecule has 3 amide bonds. The van der Waals surface area contributed by atoms with Crippen molar-refractivity contribution in [3.63, 3.8) is 0 Å². The number of amides is 3. The lowest BCUT2D eigenvalue weighted by Gasteiger charge is -2.26. The van der Waals surface area contributed by atoms with Crippen LogP contribution in [0.15, 0.2) is 0 Å². The average molecular weight is 434 g/mol. The molecule has 2 saturated heterocycles. The molecule has 7 nitrogen and oxygen atoms in total. The Bertz CT molecular complexity index is 659. The molecular formula is C24H39N3O4. The summed E-state index contributed by atoms with van der Waals surface area (Å²) in [5.41, 5.74) is 0. The van der Waals surface area contributed by atoms with E-state index in [1.54, 1.807) is 0 Å². The highest BCUT2D eigenvalue weighted by Crippen LogP contribution is 2.34. The molecule has 0 radical (unpaired) electrons. The molecule has 3 rings (SSSR count). The minimum Gasteiger partial charge on any atom is -0.356 e. The quantitative estimate of drug-likeness (QED) is 0.579. The summed E-state index contributed by atoms with van der Waals surface area (Å²) in [6.45, 7) is 4.64. The second-order valence-corrected chi connectivity index (χ2v) is 10.3. The highest BCUT2D eigenvalue weighted by Gasteiger charge is 2.38. The number of carbonyl (C=O) groups is 4. The molecule has 0 aromatic rings. The predicted molar refractivity (Wildman–Crippen MR) is 118 cm³/mol. The molecule has 2 aliphatic heterocycles. The topological polar surface area (TPSA) is 104 Å². The Kier molecular flexibility index (Phi) is 8.50. The maximum absolute atomic E-state index is 13.2. The zero-order valence-corrected chi connectivity index (χ0v) is 19.0. The van der Waals surface area contributed by atoms with E-state index in [1.165, 1.54) is 25.7 Å². The van der Waals surface area contributed by atoms with Gasteiger partial charge in [0.15, 0.2) is 0 Å². The molecule has 1 aliphatic carbocycles. The van der Waals surface area contributed by atoms with Gasteiger partial charge in [-0.3, -0.25) is 14.4 Å². The highest BCUT2D eigenvalue weighted by atomic mass is 16.2. The average Bonchev–Trinajstić information content (AvgIpc) is 3.35. The zero-order valence-electron chi connectivity index (χ0n) is 19.0. The molecule has 0 bridgehead atoms. The monoisotopic (exact) mass is 433 g/mol. The Hall–Kier alpha value is -1.92. The van der Waals surface area contributed by atoms with Crippen LogP contribution in [-0.4, -0.2) is 42.6 Å². The van der Waals surface area contributed by atoms with Crippen molar-refractivity contribution in [2.24, 2.45) is 29.6 Å². The summed E-state index contributed by atoms with van der Waals surface area (Å²) in [6.07, 6.45) is 9.80. The molecule has 3 fully saturated rings. The number of nitrogens with one attached hydrogen (secondary N) is 3. The molecule has 0 aromatic carbocycles. The minimum absolute atomic E-state index is 0.0311. The van der Waals surface area contributed by atoms with E-state index in [2.05, 4.69) is 16.0 Å². The van der Waals surface area contributed by atoms with Gasteiger partial charge in [-0.25, -0.2) is 0 Å². The lowest BCUT2D eigenvalue weighted by Crippen LogP contribution is -2.52. The molecule has 3 aliphatic rings. The molecule has 3 N–H and O–H groups in total. The Morgan fingerprint density at radius 3 is 2.35 bits per heavy atom. The molecule has 0 unspecified atom stereocenters. The Morgan fingerprint density at radius 1 is 0.935 bits per heavy atom. The van der Waals surface area contributed by atoms with Gasteiger partial charge >= 0.3 is 0 Å². The number of rotatable bonds is 5. The highest BCUT2D eigenvalue weighted by molar-refractivity contribution is 5.90. The van der Waals surface area contributed by atoms with Gasteiger partial charge in [0.05, 0.1) is 6.04 Å². The van der Waals surface area contributed by atoms with Crippen LogP contribution in [0.25, 0.3) is 0 Å². The molecule has 1 saturated carbocycles. The first-order valence-electron chi connectivity index (χ1n) is 12.2. The van der Waals surface area contributed by atoms with E-state index in [-0.39, 0.29) is 41.4 Å². The van der Waals surface area contributed by atoms with Gasteiger partial charge in [-0.15, -0.1) is 0 Å². The minimum atomic E-state index is -0.717. The SMILES string of the molecule is CC(C)C[C@@H]1NC(=O)[C@@H](CC2CCCC2)CCC[C@H]2CNC(=O)[C@@H]2C[C@@H](C=O)NC1=O. The van der Waals surface area contributed by atoms with Crippen LogP contribution in [0.5, 0.6) is 0 Å². The molecule has 0 spiro atoms. The Morgan fingerprint density at radius 2 is 1.68 bits per heavy atom. The van der Waals surface area contributed by atoms with Gasteiger partial charge in [-0.1, -0.05) is 46.0 Å². The van der Waals surface area contributed by atoms with Crippen molar-refractivity contribution < 1.29 is 19.2 Å². The second-order valence-electron chi connectivity index (χ2n) is 10.3. The van der Waals surface area contributed by atoms with Crippen molar-refractivity contribution in [3.05, 3.63) is 0 Å². The number of hydrogen-bond donors (Lipinski definition) is 3. The Labute approximate surface area is 185 Å². The van der Waals surface area contributed by atoms with Gasteiger partial charge in [0, 0.05) is 18.4 Å². The fraction of sp³-hybridized carbons (Fsp3) is 0.833. The van der Waals surface area contributed by atoms with E-state index in [1.807, 2.05) is 13.8 Å². The Balaban J connectivity index is 1.80. The normalized spacial score (nSPS) is 33.5. The third-order valence-corrected chi connectivity index (χ3v) is 7.38. The van der Waals surface area contributed by atoms with E-state index in [4.69, 9.17) is 0 Å². The third-order valence-electron chi connectivity index (χ3n) is 7.38. The van der Waals surface area contributed by atoms with E-state index >= 15 is 0 Å². The number of hydrogen-bond acceptors (Lipinski definition) is 4.